The van der Waals surface area contributed by atoms with Gasteiger partial charge in [0.05, 0.1) is 50.9 Å². The number of thioether (sulfide) groups is 1. The summed E-state index contributed by atoms with van der Waals surface area (Å²) in [7, 11) is 3.14. The molecule has 0 unspecified atom stereocenters. The molecule has 8 nitrogen and oxygen atoms in total. The van der Waals surface area contributed by atoms with Gasteiger partial charge in [-0.2, -0.15) is 0 Å². The van der Waals surface area contributed by atoms with Gasteiger partial charge in [0.25, 0.3) is 0 Å². The molecule has 1 N–H and O–H groups in total. The Labute approximate surface area is 191 Å². The van der Waals surface area contributed by atoms with E-state index in [2.05, 4.69) is 10.2 Å². The predicted molar refractivity (Wildman–Crippen MR) is 125 cm³/mol. The van der Waals surface area contributed by atoms with Crippen molar-refractivity contribution in [2.75, 3.05) is 51.6 Å². The second-order valence-corrected chi connectivity index (χ2v) is 8.22. The number of nitrogens with one attached hydrogen (secondary N) is 1. The molecule has 1 amide bonds. The van der Waals surface area contributed by atoms with Gasteiger partial charge in [-0.15, -0.1) is 0 Å². The highest BCUT2D eigenvalue weighted by Gasteiger charge is 2.16. The Kier molecular flexibility index (Phi) is 7.41. The van der Waals surface area contributed by atoms with E-state index in [0.29, 0.717) is 23.7 Å². The van der Waals surface area contributed by atoms with Crippen LogP contribution < -0.4 is 14.8 Å². The minimum Gasteiger partial charge on any atom is -0.497 e. The SMILES string of the molecule is COc1ccc(NC(=O)CSc2nc(CN3CCOCC3)nc3ccccc23)c(OC)c1. The Morgan fingerprint density at radius 3 is 2.72 bits per heavy atom. The number of amides is 1. The van der Waals surface area contributed by atoms with Crippen LogP contribution in [-0.2, 0) is 16.1 Å². The van der Waals surface area contributed by atoms with Crippen LogP contribution in [0.5, 0.6) is 11.5 Å². The lowest BCUT2D eigenvalue weighted by atomic mass is 10.2. The maximum atomic E-state index is 12.7. The third kappa shape index (κ3) is 5.48. The molecule has 0 spiro atoms. The largest absolute Gasteiger partial charge is 0.497 e. The molecule has 0 atom stereocenters. The monoisotopic (exact) mass is 454 g/mol. The number of morpholine rings is 1. The number of fused-ring (bicyclic) bond motifs is 1. The molecule has 168 valence electrons. The average molecular weight is 455 g/mol. The molecule has 0 aliphatic carbocycles. The van der Waals surface area contributed by atoms with E-state index in [-0.39, 0.29) is 11.7 Å². The number of aromatic nitrogens is 2. The number of hydrogen-bond donors (Lipinski definition) is 1. The Morgan fingerprint density at radius 1 is 1.12 bits per heavy atom. The lowest BCUT2D eigenvalue weighted by Crippen LogP contribution is -2.36. The zero-order chi connectivity index (χ0) is 22.3. The van der Waals surface area contributed by atoms with Gasteiger partial charge < -0.3 is 19.5 Å². The minimum atomic E-state index is -0.143. The number of carbonyl (C=O) groups excluding carboxylic acids is 1. The lowest BCUT2D eigenvalue weighted by molar-refractivity contribution is -0.113. The number of carbonyl (C=O) groups is 1. The highest BCUT2D eigenvalue weighted by atomic mass is 32.2. The van der Waals surface area contributed by atoms with Crippen LogP contribution in [0.25, 0.3) is 10.9 Å². The van der Waals surface area contributed by atoms with Gasteiger partial charge in [0.1, 0.15) is 22.3 Å². The molecule has 32 heavy (non-hydrogen) atoms. The van der Waals surface area contributed by atoms with E-state index >= 15 is 0 Å². The van der Waals surface area contributed by atoms with Crippen molar-refractivity contribution in [2.45, 2.75) is 11.6 Å². The smallest absolute Gasteiger partial charge is 0.234 e. The highest BCUT2D eigenvalue weighted by Crippen LogP contribution is 2.30. The van der Waals surface area contributed by atoms with Crippen molar-refractivity contribution < 1.29 is 19.0 Å². The molecule has 1 saturated heterocycles. The van der Waals surface area contributed by atoms with E-state index in [9.17, 15) is 4.79 Å². The summed E-state index contributed by atoms with van der Waals surface area (Å²) in [5, 5.41) is 4.65. The predicted octanol–water partition coefficient (Wildman–Crippen LogP) is 3.21. The fourth-order valence-electron chi connectivity index (χ4n) is 3.46. The molecular formula is C23H26N4O4S. The van der Waals surface area contributed by atoms with Crippen LogP contribution in [0.4, 0.5) is 5.69 Å². The zero-order valence-electron chi connectivity index (χ0n) is 18.2. The molecule has 1 aliphatic heterocycles. The van der Waals surface area contributed by atoms with E-state index in [1.807, 2.05) is 24.3 Å². The summed E-state index contributed by atoms with van der Waals surface area (Å²) in [6, 6.07) is 13.2. The van der Waals surface area contributed by atoms with Crippen molar-refractivity contribution >= 4 is 34.3 Å². The molecule has 2 heterocycles. The topological polar surface area (TPSA) is 85.8 Å². The summed E-state index contributed by atoms with van der Waals surface area (Å²) in [6.07, 6.45) is 0. The summed E-state index contributed by atoms with van der Waals surface area (Å²) in [5.74, 6) is 2.03. The molecule has 0 radical (unpaired) electrons. The van der Waals surface area contributed by atoms with Gasteiger partial charge in [0.2, 0.25) is 5.91 Å². The molecule has 2 aromatic carbocycles. The van der Waals surface area contributed by atoms with Gasteiger partial charge in [0.15, 0.2) is 0 Å². The van der Waals surface area contributed by atoms with E-state index in [1.54, 1.807) is 32.4 Å². The summed E-state index contributed by atoms with van der Waals surface area (Å²) in [5.41, 5.74) is 1.48. The van der Waals surface area contributed by atoms with E-state index in [0.717, 1.165) is 48.1 Å². The summed E-state index contributed by atoms with van der Waals surface area (Å²) >= 11 is 1.40. The number of anilines is 1. The summed E-state index contributed by atoms with van der Waals surface area (Å²) < 4.78 is 16.0. The van der Waals surface area contributed by atoms with Crippen LogP contribution in [0.3, 0.4) is 0 Å². The van der Waals surface area contributed by atoms with Crippen molar-refractivity contribution in [1.29, 1.82) is 0 Å². The van der Waals surface area contributed by atoms with Crippen LogP contribution >= 0.6 is 11.8 Å². The number of nitrogens with zero attached hydrogens (tertiary/aromatic N) is 3. The number of para-hydroxylation sites is 1. The third-order valence-corrected chi connectivity index (χ3v) is 6.10. The average Bonchev–Trinajstić information content (AvgIpc) is 2.83. The van der Waals surface area contributed by atoms with E-state index < -0.39 is 0 Å². The zero-order valence-corrected chi connectivity index (χ0v) is 19.0. The molecule has 4 rings (SSSR count). The van der Waals surface area contributed by atoms with Gasteiger partial charge in [0, 0.05) is 24.5 Å². The molecule has 9 heteroatoms. The van der Waals surface area contributed by atoms with Gasteiger partial charge in [-0.3, -0.25) is 9.69 Å². The maximum absolute atomic E-state index is 12.7. The van der Waals surface area contributed by atoms with Gasteiger partial charge in [-0.1, -0.05) is 30.0 Å². The Morgan fingerprint density at radius 2 is 1.94 bits per heavy atom. The molecule has 1 fully saturated rings. The maximum Gasteiger partial charge on any atom is 0.234 e. The molecule has 3 aromatic rings. The van der Waals surface area contributed by atoms with Crippen molar-refractivity contribution in [2.24, 2.45) is 0 Å². The van der Waals surface area contributed by atoms with Gasteiger partial charge in [-0.05, 0) is 18.2 Å². The quantitative estimate of drug-likeness (QED) is 0.410. The summed E-state index contributed by atoms with van der Waals surface area (Å²) in [4.78, 5) is 24.5. The normalized spacial score (nSPS) is 14.3. The fraction of sp³-hybridized carbons (Fsp3) is 0.348. The third-order valence-electron chi connectivity index (χ3n) is 5.11. The fourth-order valence-corrected chi connectivity index (χ4v) is 4.29. The first kappa shape index (κ1) is 22.3. The van der Waals surface area contributed by atoms with Crippen LogP contribution in [-0.4, -0.2) is 67.1 Å². The van der Waals surface area contributed by atoms with Crippen LogP contribution in [0.2, 0.25) is 0 Å². The van der Waals surface area contributed by atoms with Crippen LogP contribution in [0, 0.1) is 0 Å². The van der Waals surface area contributed by atoms with Crippen molar-refractivity contribution in [3.05, 3.63) is 48.3 Å². The first-order chi connectivity index (χ1) is 15.7. The number of rotatable bonds is 8. The lowest BCUT2D eigenvalue weighted by Gasteiger charge is -2.25. The standard InChI is InChI=1S/C23H26N4O4S/c1-29-16-7-8-19(20(13-16)30-2)25-22(28)15-32-23-17-5-3-4-6-18(17)24-21(26-23)14-27-9-11-31-12-10-27/h3-8,13H,9-12,14-15H2,1-2H3,(H,25,28). The number of ether oxygens (including phenoxy) is 3. The summed E-state index contributed by atoms with van der Waals surface area (Å²) in [6.45, 7) is 3.85. The van der Waals surface area contributed by atoms with Crippen LogP contribution in [0.15, 0.2) is 47.5 Å². The van der Waals surface area contributed by atoms with Gasteiger partial charge in [-0.25, -0.2) is 9.97 Å². The molecular weight excluding hydrogens is 428 g/mol. The van der Waals surface area contributed by atoms with Crippen molar-refractivity contribution in [3.63, 3.8) is 0 Å². The first-order valence-electron chi connectivity index (χ1n) is 10.4. The highest BCUT2D eigenvalue weighted by molar-refractivity contribution is 8.00. The number of hydrogen-bond acceptors (Lipinski definition) is 8. The molecule has 1 aromatic heterocycles. The van der Waals surface area contributed by atoms with E-state index in [4.69, 9.17) is 24.2 Å². The second kappa shape index (κ2) is 10.6. The van der Waals surface area contributed by atoms with E-state index in [1.165, 1.54) is 11.8 Å². The molecule has 0 bridgehead atoms. The second-order valence-electron chi connectivity index (χ2n) is 7.25. The number of benzene rings is 2. The Bertz CT molecular complexity index is 1090. The first-order valence-corrected chi connectivity index (χ1v) is 11.4. The van der Waals surface area contributed by atoms with Crippen LogP contribution in [0.1, 0.15) is 5.82 Å². The molecule has 1 aliphatic rings. The Hall–Kier alpha value is -2.88. The molecule has 0 saturated carbocycles. The minimum absolute atomic E-state index is 0.143. The van der Waals surface area contributed by atoms with Gasteiger partial charge >= 0.3 is 0 Å². The van der Waals surface area contributed by atoms with Crippen molar-refractivity contribution in [1.82, 2.24) is 14.9 Å². The number of methoxy groups -OCH3 is 2. The Balaban J connectivity index is 1.47. The van der Waals surface area contributed by atoms with Crippen molar-refractivity contribution in [3.8, 4) is 11.5 Å².